The van der Waals surface area contributed by atoms with E-state index in [9.17, 15) is 18.0 Å². The molecule has 1 unspecified atom stereocenters. The van der Waals surface area contributed by atoms with Crippen molar-refractivity contribution < 1.29 is 27.9 Å². The molecule has 1 saturated heterocycles. The smallest absolute Gasteiger partial charge is 0.323 e. The number of rotatable bonds is 6. The Balaban J connectivity index is 2.54. The molecular weight excluding hydrogens is 276 g/mol. The van der Waals surface area contributed by atoms with Crippen LogP contribution in [0.5, 0.6) is 0 Å². The van der Waals surface area contributed by atoms with Crippen LogP contribution in [0.4, 0.5) is 4.79 Å². The quantitative estimate of drug-likeness (QED) is 0.644. The van der Waals surface area contributed by atoms with Gasteiger partial charge in [0.05, 0.1) is 18.1 Å². The molecule has 0 bridgehead atoms. The van der Waals surface area contributed by atoms with Crippen molar-refractivity contribution in [3.05, 3.63) is 0 Å². The Morgan fingerprint density at radius 3 is 2.63 bits per heavy atom. The van der Waals surface area contributed by atoms with E-state index < -0.39 is 34.4 Å². The first-order chi connectivity index (χ1) is 8.84. The minimum atomic E-state index is -3.08. The van der Waals surface area contributed by atoms with Crippen LogP contribution >= 0.6 is 0 Å². The molecule has 0 spiro atoms. The summed E-state index contributed by atoms with van der Waals surface area (Å²) in [6.07, 6.45) is 0.360. The highest BCUT2D eigenvalue weighted by Gasteiger charge is 2.30. The minimum Gasteiger partial charge on any atom is -0.480 e. The van der Waals surface area contributed by atoms with Crippen molar-refractivity contribution in [2.75, 3.05) is 38.3 Å². The number of nitrogens with one attached hydrogen (secondary N) is 1. The second kappa shape index (κ2) is 6.71. The minimum absolute atomic E-state index is 0.0505. The van der Waals surface area contributed by atoms with E-state index in [4.69, 9.17) is 9.84 Å². The predicted molar refractivity (Wildman–Crippen MR) is 66.7 cm³/mol. The number of ether oxygens (including phenoxy) is 1. The standard InChI is InChI=1S/C10H18N2O6S/c1-18-4-3-12(6-9(13)14)10(15)11-8-2-5-19(16,17)7-8/h8H,2-7H2,1H3,(H,11,15)(H,13,14). The van der Waals surface area contributed by atoms with Crippen molar-refractivity contribution in [3.63, 3.8) is 0 Å². The average molecular weight is 294 g/mol. The molecule has 0 radical (unpaired) electrons. The Labute approximate surface area is 111 Å². The maximum Gasteiger partial charge on any atom is 0.323 e. The number of aliphatic carboxylic acids is 1. The molecule has 0 saturated carbocycles. The molecule has 9 heteroatoms. The van der Waals surface area contributed by atoms with Gasteiger partial charge in [-0.25, -0.2) is 13.2 Å². The van der Waals surface area contributed by atoms with Crippen molar-refractivity contribution in [2.24, 2.45) is 0 Å². The average Bonchev–Trinajstić information content (AvgIpc) is 2.63. The van der Waals surface area contributed by atoms with Gasteiger partial charge in [-0.3, -0.25) is 4.79 Å². The second-order valence-corrected chi connectivity index (χ2v) is 6.59. The van der Waals surface area contributed by atoms with E-state index in [1.807, 2.05) is 0 Å². The van der Waals surface area contributed by atoms with Crippen molar-refractivity contribution in [3.8, 4) is 0 Å². The van der Waals surface area contributed by atoms with E-state index in [-0.39, 0.29) is 24.7 Å². The highest BCUT2D eigenvalue weighted by atomic mass is 32.2. The lowest BCUT2D eigenvalue weighted by Gasteiger charge is -2.22. The van der Waals surface area contributed by atoms with Gasteiger partial charge in [-0.05, 0) is 6.42 Å². The number of hydrogen-bond donors (Lipinski definition) is 2. The number of nitrogens with zero attached hydrogens (tertiary/aromatic N) is 1. The van der Waals surface area contributed by atoms with E-state index >= 15 is 0 Å². The van der Waals surface area contributed by atoms with Crippen LogP contribution in [0.15, 0.2) is 0 Å². The lowest BCUT2D eigenvalue weighted by atomic mass is 10.3. The summed E-state index contributed by atoms with van der Waals surface area (Å²) in [5.41, 5.74) is 0. The first-order valence-electron chi connectivity index (χ1n) is 5.80. The zero-order valence-corrected chi connectivity index (χ0v) is 11.5. The molecule has 0 aromatic heterocycles. The summed E-state index contributed by atoms with van der Waals surface area (Å²) in [5, 5.41) is 11.3. The molecule has 1 aliphatic rings. The number of carbonyl (C=O) groups excluding carboxylic acids is 1. The van der Waals surface area contributed by atoms with E-state index in [2.05, 4.69) is 5.32 Å². The van der Waals surface area contributed by atoms with Crippen LogP contribution in [0.1, 0.15) is 6.42 Å². The largest absolute Gasteiger partial charge is 0.480 e. The van der Waals surface area contributed by atoms with Crippen molar-refractivity contribution in [1.82, 2.24) is 10.2 Å². The molecule has 0 aromatic carbocycles. The molecule has 1 fully saturated rings. The summed E-state index contributed by atoms with van der Waals surface area (Å²) in [5.74, 6) is -1.18. The van der Waals surface area contributed by atoms with Crippen LogP contribution < -0.4 is 5.32 Å². The number of sulfone groups is 1. The Kier molecular flexibility index (Phi) is 5.55. The molecule has 2 amide bonds. The summed E-state index contributed by atoms with van der Waals surface area (Å²) in [7, 11) is -1.64. The Morgan fingerprint density at radius 2 is 2.16 bits per heavy atom. The number of carbonyl (C=O) groups is 2. The van der Waals surface area contributed by atoms with Crippen molar-refractivity contribution in [2.45, 2.75) is 12.5 Å². The molecule has 1 atom stereocenters. The first kappa shape index (κ1) is 15.7. The molecule has 1 rings (SSSR count). The number of methoxy groups -OCH3 is 1. The van der Waals surface area contributed by atoms with Crippen LogP contribution in [0.25, 0.3) is 0 Å². The van der Waals surface area contributed by atoms with E-state index in [1.54, 1.807) is 0 Å². The molecule has 0 aliphatic carbocycles. The van der Waals surface area contributed by atoms with Crippen LogP contribution in [0.2, 0.25) is 0 Å². The molecule has 2 N–H and O–H groups in total. The predicted octanol–water partition coefficient (Wildman–Crippen LogP) is -1.08. The maximum absolute atomic E-state index is 11.9. The number of carboxylic acids is 1. The molecule has 110 valence electrons. The Hall–Kier alpha value is -1.35. The SMILES string of the molecule is COCCN(CC(=O)O)C(=O)NC1CCS(=O)(=O)C1. The van der Waals surface area contributed by atoms with Crippen molar-refractivity contribution >= 4 is 21.8 Å². The summed E-state index contributed by atoms with van der Waals surface area (Å²) in [6.45, 7) is -0.105. The fourth-order valence-electron chi connectivity index (χ4n) is 1.79. The van der Waals surface area contributed by atoms with Gasteiger partial charge in [0.1, 0.15) is 6.54 Å². The molecule has 1 heterocycles. The summed E-state index contributed by atoms with van der Waals surface area (Å²) in [4.78, 5) is 23.6. The van der Waals surface area contributed by atoms with Crippen LogP contribution in [0.3, 0.4) is 0 Å². The zero-order valence-electron chi connectivity index (χ0n) is 10.7. The highest BCUT2D eigenvalue weighted by molar-refractivity contribution is 7.91. The number of urea groups is 1. The zero-order chi connectivity index (χ0) is 14.5. The van der Waals surface area contributed by atoms with E-state index in [0.717, 1.165) is 4.90 Å². The van der Waals surface area contributed by atoms with Gasteiger partial charge in [0, 0.05) is 19.7 Å². The molecule has 1 aliphatic heterocycles. The Bertz CT molecular complexity index is 435. The summed E-state index contributed by atoms with van der Waals surface area (Å²) in [6, 6.07) is -1.03. The van der Waals surface area contributed by atoms with Gasteiger partial charge in [-0.2, -0.15) is 0 Å². The van der Waals surface area contributed by atoms with Gasteiger partial charge in [0.25, 0.3) is 0 Å². The molecule has 0 aromatic rings. The number of amides is 2. The van der Waals surface area contributed by atoms with Crippen LogP contribution in [-0.4, -0.2) is 74.8 Å². The van der Waals surface area contributed by atoms with Gasteiger partial charge in [0.15, 0.2) is 9.84 Å². The summed E-state index contributed by atoms with van der Waals surface area (Å²) < 4.78 is 27.3. The Morgan fingerprint density at radius 1 is 1.47 bits per heavy atom. The van der Waals surface area contributed by atoms with Gasteiger partial charge >= 0.3 is 12.0 Å². The van der Waals surface area contributed by atoms with Crippen molar-refractivity contribution in [1.29, 1.82) is 0 Å². The highest BCUT2D eigenvalue weighted by Crippen LogP contribution is 2.11. The monoisotopic (exact) mass is 294 g/mol. The van der Waals surface area contributed by atoms with Crippen LogP contribution in [0, 0.1) is 0 Å². The first-order valence-corrected chi connectivity index (χ1v) is 7.63. The molecular formula is C10H18N2O6S. The third kappa shape index (κ3) is 5.43. The topological polar surface area (TPSA) is 113 Å². The maximum atomic E-state index is 11.9. The number of carboxylic acid groups (broad SMARTS) is 1. The second-order valence-electron chi connectivity index (χ2n) is 4.36. The third-order valence-electron chi connectivity index (χ3n) is 2.74. The van der Waals surface area contributed by atoms with Gasteiger partial charge in [-0.1, -0.05) is 0 Å². The fourth-order valence-corrected chi connectivity index (χ4v) is 3.47. The normalized spacial score (nSPS) is 21.0. The molecule has 19 heavy (non-hydrogen) atoms. The van der Waals surface area contributed by atoms with Crippen LogP contribution in [-0.2, 0) is 19.4 Å². The van der Waals surface area contributed by atoms with Gasteiger partial charge in [0.2, 0.25) is 0 Å². The lowest BCUT2D eigenvalue weighted by molar-refractivity contribution is -0.137. The number of hydrogen-bond acceptors (Lipinski definition) is 5. The van der Waals surface area contributed by atoms with Gasteiger partial charge in [-0.15, -0.1) is 0 Å². The fraction of sp³-hybridized carbons (Fsp3) is 0.800. The van der Waals surface area contributed by atoms with Gasteiger partial charge < -0.3 is 20.1 Å². The third-order valence-corrected chi connectivity index (χ3v) is 4.51. The lowest BCUT2D eigenvalue weighted by Crippen LogP contribution is -2.48. The van der Waals surface area contributed by atoms with E-state index in [1.165, 1.54) is 7.11 Å². The van der Waals surface area contributed by atoms with E-state index in [0.29, 0.717) is 6.42 Å². The molecule has 8 nitrogen and oxygen atoms in total. The summed E-state index contributed by atoms with van der Waals surface area (Å²) >= 11 is 0.